The molecule has 0 saturated carbocycles. The van der Waals surface area contributed by atoms with Crippen molar-refractivity contribution in [2.75, 3.05) is 40.3 Å². The molecule has 2 aromatic rings. The van der Waals surface area contributed by atoms with Gasteiger partial charge in [0.25, 0.3) is 5.91 Å². The van der Waals surface area contributed by atoms with Crippen LogP contribution in [0.1, 0.15) is 40.2 Å². The van der Waals surface area contributed by atoms with Crippen LogP contribution >= 0.6 is 11.3 Å². The van der Waals surface area contributed by atoms with Crippen LogP contribution in [0.3, 0.4) is 0 Å². The summed E-state index contributed by atoms with van der Waals surface area (Å²) in [5.41, 5.74) is 2.98. The van der Waals surface area contributed by atoms with E-state index in [4.69, 9.17) is 10.1 Å². The van der Waals surface area contributed by atoms with Crippen LogP contribution in [-0.4, -0.2) is 62.0 Å². The highest BCUT2D eigenvalue weighted by atomic mass is 32.1. The summed E-state index contributed by atoms with van der Waals surface area (Å²) < 4.78 is 5.47. The summed E-state index contributed by atoms with van der Waals surface area (Å²) in [5.74, 6) is 0.784. The number of hydrogen-bond donors (Lipinski definition) is 2. The van der Waals surface area contributed by atoms with Crippen molar-refractivity contribution in [1.82, 2.24) is 15.1 Å². The van der Waals surface area contributed by atoms with Crippen LogP contribution in [0.5, 0.6) is 5.75 Å². The van der Waals surface area contributed by atoms with Gasteiger partial charge < -0.3 is 14.5 Å². The van der Waals surface area contributed by atoms with Crippen LogP contribution in [0, 0.1) is 12.3 Å². The Hall–Kier alpha value is -2.38. The lowest BCUT2D eigenvalue weighted by atomic mass is 10.0. The number of nitrogens with one attached hydrogen (secondary N) is 2. The predicted octanol–water partition coefficient (Wildman–Crippen LogP) is 3.79. The number of methoxy groups -OCH3 is 1. The quantitative estimate of drug-likeness (QED) is 0.445. The van der Waals surface area contributed by atoms with Gasteiger partial charge in [-0.25, -0.2) is 0 Å². The van der Waals surface area contributed by atoms with Gasteiger partial charge in [-0.1, -0.05) is 31.5 Å². The molecule has 0 bridgehead atoms. The normalized spacial score (nSPS) is 10.9. The van der Waals surface area contributed by atoms with Crippen LogP contribution < -0.4 is 10.1 Å². The van der Waals surface area contributed by atoms with E-state index in [1.807, 2.05) is 30.6 Å². The van der Waals surface area contributed by atoms with Crippen LogP contribution in [0.4, 0.5) is 0 Å². The van der Waals surface area contributed by atoms with Gasteiger partial charge in [-0.05, 0) is 55.9 Å². The fourth-order valence-electron chi connectivity index (χ4n) is 3.30. The Morgan fingerprint density at radius 2 is 1.90 bits per heavy atom. The number of likely N-dealkylation sites (N-methyl/N-ethyl adjacent to an activating group) is 2. The molecule has 0 unspecified atom stereocenters. The molecule has 0 saturated heterocycles. The van der Waals surface area contributed by atoms with E-state index in [2.05, 4.69) is 37.1 Å². The molecule has 6 nitrogen and oxygen atoms in total. The highest BCUT2D eigenvalue weighted by Gasteiger charge is 2.17. The number of aryl methyl sites for hydroxylation is 3. The number of carbonyl (C=O) groups excluding carboxylic acids is 1. The number of benzene rings is 1. The minimum Gasteiger partial charge on any atom is -0.496 e. The molecule has 1 aromatic carbocycles. The molecule has 30 heavy (non-hydrogen) atoms. The standard InChI is InChI=1S/C23H34N4O2S/c1-6-27(7-2)14-13-26(4)23(24)25-22(28)19-12-15-30-21(19)11-9-18-16-17(3)8-10-20(18)29-5/h8,10,12,15-16H,6-7,9,11,13-14H2,1-5H3,(H2,24,25,28). The van der Waals surface area contributed by atoms with Crippen LogP contribution in [0.25, 0.3) is 0 Å². The lowest BCUT2D eigenvalue weighted by Crippen LogP contribution is -2.44. The van der Waals surface area contributed by atoms with E-state index in [9.17, 15) is 4.79 Å². The highest BCUT2D eigenvalue weighted by molar-refractivity contribution is 7.10. The number of carbonyl (C=O) groups is 1. The Balaban J connectivity index is 1.96. The zero-order valence-corrected chi connectivity index (χ0v) is 19.6. The van der Waals surface area contributed by atoms with E-state index >= 15 is 0 Å². The maximum atomic E-state index is 12.8. The maximum absolute atomic E-state index is 12.8. The fourth-order valence-corrected chi connectivity index (χ4v) is 4.18. The Kier molecular flexibility index (Phi) is 9.33. The number of thiophene rings is 1. The molecule has 0 atom stereocenters. The Labute approximate surface area is 184 Å². The molecule has 7 heteroatoms. The number of nitrogens with zero attached hydrogens (tertiary/aromatic N) is 2. The summed E-state index contributed by atoms with van der Waals surface area (Å²) >= 11 is 1.58. The average molecular weight is 431 g/mol. The largest absolute Gasteiger partial charge is 0.496 e. The molecular formula is C23H34N4O2S. The lowest BCUT2D eigenvalue weighted by molar-refractivity contribution is 0.0971. The molecule has 0 spiro atoms. The lowest BCUT2D eigenvalue weighted by Gasteiger charge is -2.24. The topological polar surface area (TPSA) is 68.7 Å². The third-order valence-corrected chi connectivity index (χ3v) is 6.29. The Morgan fingerprint density at radius 3 is 2.57 bits per heavy atom. The van der Waals surface area contributed by atoms with Crippen molar-refractivity contribution in [2.24, 2.45) is 0 Å². The van der Waals surface area contributed by atoms with Gasteiger partial charge in [0.1, 0.15) is 5.75 Å². The summed E-state index contributed by atoms with van der Waals surface area (Å²) in [6, 6.07) is 8.00. The first-order valence-electron chi connectivity index (χ1n) is 10.4. The second-order valence-corrected chi connectivity index (χ2v) is 8.32. The first-order chi connectivity index (χ1) is 14.4. The molecule has 164 valence electrons. The number of ether oxygens (including phenoxy) is 1. The number of hydrogen-bond acceptors (Lipinski definition) is 5. The van der Waals surface area contributed by atoms with Crippen molar-refractivity contribution in [3.05, 3.63) is 51.2 Å². The molecule has 0 fully saturated rings. The molecular weight excluding hydrogens is 396 g/mol. The first-order valence-corrected chi connectivity index (χ1v) is 11.3. The van der Waals surface area contributed by atoms with Gasteiger partial charge in [0.05, 0.1) is 12.7 Å². The minimum atomic E-state index is -0.220. The molecule has 0 radical (unpaired) electrons. The molecule has 0 aliphatic rings. The second kappa shape index (κ2) is 11.7. The van der Waals surface area contributed by atoms with Crippen LogP contribution in [-0.2, 0) is 12.8 Å². The Bertz CT molecular complexity index is 845. The predicted molar refractivity (Wildman–Crippen MR) is 125 cm³/mol. The summed E-state index contributed by atoms with van der Waals surface area (Å²) in [6.45, 7) is 9.84. The smallest absolute Gasteiger partial charge is 0.259 e. The third-order valence-electron chi connectivity index (χ3n) is 5.31. The Morgan fingerprint density at radius 1 is 1.17 bits per heavy atom. The summed E-state index contributed by atoms with van der Waals surface area (Å²) in [7, 11) is 3.52. The van der Waals surface area contributed by atoms with Crippen molar-refractivity contribution in [2.45, 2.75) is 33.6 Å². The van der Waals surface area contributed by atoms with Gasteiger partial charge in [0.2, 0.25) is 0 Å². The van der Waals surface area contributed by atoms with Crippen LogP contribution in [0.2, 0.25) is 0 Å². The SMILES string of the molecule is CCN(CC)CCN(C)C(=N)NC(=O)c1ccsc1CCc1cc(C)ccc1OC. The van der Waals surface area contributed by atoms with Crippen LogP contribution in [0.15, 0.2) is 29.6 Å². The van der Waals surface area contributed by atoms with E-state index in [0.29, 0.717) is 12.1 Å². The van der Waals surface area contributed by atoms with Gasteiger partial charge in [-0.15, -0.1) is 11.3 Å². The van der Waals surface area contributed by atoms with Gasteiger partial charge in [-0.2, -0.15) is 0 Å². The van der Waals surface area contributed by atoms with Crippen molar-refractivity contribution < 1.29 is 9.53 Å². The van der Waals surface area contributed by atoms with E-state index in [-0.39, 0.29) is 11.9 Å². The average Bonchev–Trinajstić information content (AvgIpc) is 3.21. The fraction of sp³-hybridized carbons (Fsp3) is 0.478. The molecule has 2 N–H and O–H groups in total. The van der Waals surface area contributed by atoms with E-state index in [1.54, 1.807) is 23.3 Å². The van der Waals surface area contributed by atoms with Gasteiger partial charge in [0.15, 0.2) is 5.96 Å². The second-order valence-electron chi connectivity index (χ2n) is 7.32. The van der Waals surface area contributed by atoms with Crippen molar-refractivity contribution in [1.29, 1.82) is 5.41 Å². The summed E-state index contributed by atoms with van der Waals surface area (Å²) in [5, 5.41) is 12.9. The number of amides is 1. The van der Waals surface area contributed by atoms with Crippen molar-refractivity contribution in [3.63, 3.8) is 0 Å². The molecule has 0 aliphatic carbocycles. The zero-order valence-electron chi connectivity index (χ0n) is 18.7. The van der Waals surface area contributed by atoms with Gasteiger partial charge >= 0.3 is 0 Å². The molecule has 1 aromatic heterocycles. The summed E-state index contributed by atoms with van der Waals surface area (Å²) in [4.78, 5) is 17.9. The monoisotopic (exact) mass is 430 g/mol. The minimum absolute atomic E-state index is 0.129. The van der Waals surface area contributed by atoms with E-state index in [0.717, 1.165) is 48.7 Å². The molecule has 1 amide bonds. The molecule has 0 aliphatic heterocycles. The van der Waals surface area contributed by atoms with Crippen molar-refractivity contribution in [3.8, 4) is 5.75 Å². The van der Waals surface area contributed by atoms with E-state index in [1.165, 1.54) is 5.56 Å². The third kappa shape index (κ3) is 6.57. The highest BCUT2D eigenvalue weighted by Crippen LogP contribution is 2.24. The van der Waals surface area contributed by atoms with Gasteiger partial charge in [-0.3, -0.25) is 15.5 Å². The number of guanidine groups is 1. The number of rotatable bonds is 10. The zero-order chi connectivity index (χ0) is 22.1. The summed E-state index contributed by atoms with van der Waals surface area (Å²) in [6.07, 6.45) is 1.55. The molecule has 1 heterocycles. The maximum Gasteiger partial charge on any atom is 0.259 e. The first kappa shape index (κ1) is 23.9. The molecule has 2 rings (SSSR count). The van der Waals surface area contributed by atoms with Crippen molar-refractivity contribution >= 4 is 23.2 Å². The van der Waals surface area contributed by atoms with E-state index < -0.39 is 0 Å². The van der Waals surface area contributed by atoms with Gasteiger partial charge in [0, 0.05) is 25.0 Å².